The van der Waals surface area contributed by atoms with Gasteiger partial charge in [-0.25, -0.2) is 4.79 Å². The van der Waals surface area contributed by atoms with Crippen LogP contribution in [0.3, 0.4) is 0 Å². The molecule has 1 aliphatic rings. The van der Waals surface area contributed by atoms with Crippen molar-refractivity contribution in [3.8, 4) is 0 Å². The fourth-order valence-corrected chi connectivity index (χ4v) is 2.20. The fraction of sp³-hybridized carbons (Fsp3) is 0.583. The molecule has 0 saturated carbocycles. The number of aromatic amines is 1. The lowest BCUT2D eigenvalue weighted by Gasteiger charge is -2.15. The van der Waals surface area contributed by atoms with Gasteiger partial charge >= 0.3 is 11.7 Å². The quantitative estimate of drug-likeness (QED) is 0.496. The lowest BCUT2D eigenvalue weighted by Crippen LogP contribution is -2.36. The van der Waals surface area contributed by atoms with Crippen LogP contribution >= 0.6 is 0 Å². The minimum atomic E-state index is -1.04. The largest absolute Gasteiger partial charge is 0.480 e. The average molecular weight is 299 g/mol. The first kappa shape index (κ1) is 15.4. The third kappa shape index (κ3) is 3.78. The second kappa shape index (κ2) is 6.66. The SMILES string of the molecule is O=C(O)CNCc1cn([C@H]2CCC(CO)O2)c(=O)[nH]c1=O. The van der Waals surface area contributed by atoms with Crippen molar-refractivity contribution in [3.63, 3.8) is 0 Å². The number of H-pyrrole nitrogens is 1. The Hall–Kier alpha value is -1.97. The second-order valence-corrected chi connectivity index (χ2v) is 4.79. The van der Waals surface area contributed by atoms with Crippen molar-refractivity contribution in [2.75, 3.05) is 13.2 Å². The molecule has 21 heavy (non-hydrogen) atoms. The van der Waals surface area contributed by atoms with E-state index < -0.39 is 23.4 Å². The fourth-order valence-electron chi connectivity index (χ4n) is 2.20. The molecule has 116 valence electrons. The van der Waals surface area contributed by atoms with E-state index in [-0.39, 0.29) is 31.4 Å². The van der Waals surface area contributed by atoms with E-state index in [1.807, 2.05) is 0 Å². The topological polar surface area (TPSA) is 134 Å². The number of aliphatic carboxylic acids is 1. The molecule has 2 atom stereocenters. The summed E-state index contributed by atoms with van der Waals surface area (Å²) >= 11 is 0. The van der Waals surface area contributed by atoms with Crippen LogP contribution in [0.4, 0.5) is 0 Å². The van der Waals surface area contributed by atoms with Crippen molar-refractivity contribution >= 4 is 5.97 Å². The number of hydrogen-bond acceptors (Lipinski definition) is 6. The number of rotatable bonds is 6. The number of ether oxygens (including phenoxy) is 1. The first-order valence-electron chi connectivity index (χ1n) is 6.54. The number of nitrogens with one attached hydrogen (secondary N) is 2. The molecule has 0 amide bonds. The van der Waals surface area contributed by atoms with Crippen LogP contribution in [-0.2, 0) is 16.1 Å². The molecular weight excluding hydrogens is 282 g/mol. The van der Waals surface area contributed by atoms with Crippen LogP contribution in [-0.4, -0.2) is 45.0 Å². The van der Waals surface area contributed by atoms with Crippen LogP contribution < -0.4 is 16.6 Å². The molecule has 1 fully saturated rings. The van der Waals surface area contributed by atoms with Crippen molar-refractivity contribution in [1.82, 2.24) is 14.9 Å². The Labute approximate surface area is 119 Å². The van der Waals surface area contributed by atoms with E-state index in [2.05, 4.69) is 10.3 Å². The molecule has 1 unspecified atom stereocenters. The van der Waals surface area contributed by atoms with Crippen molar-refractivity contribution in [2.45, 2.75) is 31.7 Å². The van der Waals surface area contributed by atoms with Crippen molar-refractivity contribution in [2.24, 2.45) is 0 Å². The number of aliphatic hydroxyl groups excluding tert-OH is 1. The minimum absolute atomic E-state index is 0.0259. The highest BCUT2D eigenvalue weighted by atomic mass is 16.5. The second-order valence-electron chi connectivity index (χ2n) is 4.79. The van der Waals surface area contributed by atoms with Gasteiger partial charge in [-0.15, -0.1) is 0 Å². The number of carbonyl (C=O) groups is 1. The summed E-state index contributed by atoms with van der Waals surface area (Å²) in [7, 11) is 0. The molecule has 9 nitrogen and oxygen atoms in total. The van der Waals surface area contributed by atoms with E-state index in [4.69, 9.17) is 14.9 Å². The van der Waals surface area contributed by atoms with Gasteiger partial charge in [0.25, 0.3) is 5.56 Å². The molecule has 0 bridgehead atoms. The highest BCUT2D eigenvalue weighted by molar-refractivity contribution is 5.68. The maximum atomic E-state index is 11.8. The standard InChI is InChI=1S/C12H17N3O6/c16-6-8-1-2-9(21-8)15-5-7(3-13-4-10(17)18)11(19)14-12(15)20/h5,8-9,13,16H,1-4,6H2,(H,17,18)(H,14,19,20)/t8?,9-/m1/s1. The molecule has 0 aromatic carbocycles. The van der Waals surface area contributed by atoms with Gasteiger partial charge in [0.05, 0.1) is 19.3 Å². The summed E-state index contributed by atoms with van der Waals surface area (Å²) in [6.07, 6.45) is 1.69. The molecule has 0 aliphatic carbocycles. The van der Waals surface area contributed by atoms with E-state index in [9.17, 15) is 14.4 Å². The number of aromatic nitrogens is 2. The molecule has 1 saturated heterocycles. The Kier molecular flexibility index (Phi) is 4.89. The van der Waals surface area contributed by atoms with E-state index >= 15 is 0 Å². The Morgan fingerprint density at radius 2 is 2.24 bits per heavy atom. The first-order valence-corrected chi connectivity index (χ1v) is 6.54. The number of nitrogens with zero attached hydrogens (tertiary/aromatic N) is 1. The Morgan fingerprint density at radius 1 is 1.48 bits per heavy atom. The number of hydrogen-bond donors (Lipinski definition) is 4. The summed E-state index contributed by atoms with van der Waals surface area (Å²) in [5.74, 6) is -1.04. The van der Waals surface area contributed by atoms with Gasteiger partial charge in [-0.05, 0) is 12.8 Å². The summed E-state index contributed by atoms with van der Waals surface area (Å²) < 4.78 is 6.75. The highest BCUT2D eigenvalue weighted by Crippen LogP contribution is 2.26. The zero-order valence-corrected chi connectivity index (χ0v) is 11.2. The van der Waals surface area contributed by atoms with Crippen LogP contribution in [0.1, 0.15) is 24.6 Å². The Bertz CT molecular complexity index is 622. The molecule has 0 radical (unpaired) electrons. The molecule has 4 N–H and O–H groups in total. The average Bonchev–Trinajstić information content (AvgIpc) is 2.89. The van der Waals surface area contributed by atoms with E-state index in [0.29, 0.717) is 12.8 Å². The van der Waals surface area contributed by atoms with E-state index in [0.717, 1.165) is 0 Å². The summed E-state index contributed by atoms with van der Waals surface area (Å²) in [5, 5.41) is 20.2. The zero-order chi connectivity index (χ0) is 15.4. The zero-order valence-electron chi connectivity index (χ0n) is 11.2. The molecule has 1 aromatic rings. The summed E-state index contributed by atoms with van der Waals surface area (Å²) in [4.78, 5) is 36.1. The van der Waals surface area contributed by atoms with Gasteiger partial charge in [-0.2, -0.15) is 0 Å². The minimum Gasteiger partial charge on any atom is -0.480 e. The molecule has 9 heteroatoms. The van der Waals surface area contributed by atoms with E-state index in [1.165, 1.54) is 10.8 Å². The van der Waals surface area contributed by atoms with Crippen molar-refractivity contribution in [1.29, 1.82) is 0 Å². The molecule has 2 rings (SSSR count). The Balaban J connectivity index is 2.16. The Morgan fingerprint density at radius 3 is 2.86 bits per heavy atom. The predicted octanol–water partition coefficient (Wildman–Crippen LogP) is -1.62. The van der Waals surface area contributed by atoms with Gasteiger partial charge in [0.2, 0.25) is 0 Å². The van der Waals surface area contributed by atoms with Gasteiger partial charge < -0.3 is 20.3 Å². The summed E-state index contributed by atoms with van der Waals surface area (Å²) in [6, 6.07) is 0. The van der Waals surface area contributed by atoms with Crippen molar-refractivity contribution < 1.29 is 19.7 Å². The van der Waals surface area contributed by atoms with Crippen molar-refractivity contribution in [3.05, 3.63) is 32.6 Å². The molecular formula is C12H17N3O6. The maximum Gasteiger partial charge on any atom is 0.330 e. The lowest BCUT2D eigenvalue weighted by atomic mass is 10.2. The number of aliphatic hydroxyl groups is 1. The summed E-state index contributed by atoms with van der Waals surface area (Å²) in [6.45, 7) is -0.384. The van der Waals surface area contributed by atoms with Gasteiger partial charge in [0, 0.05) is 18.3 Å². The molecule has 1 aliphatic heterocycles. The van der Waals surface area contributed by atoms with Gasteiger partial charge in [0.1, 0.15) is 6.23 Å². The normalized spacial score (nSPS) is 21.6. The van der Waals surface area contributed by atoms with Crippen LogP contribution in [0.2, 0.25) is 0 Å². The molecule has 2 heterocycles. The molecule has 1 aromatic heterocycles. The van der Waals surface area contributed by atoms with Crippen LogP contribution in [0.25, 0.3) is 0 Å². The van der Waals surface area contributed by atoms with Crippen LogP contribution in [0.15, 0.2) is 15.8 Å². The van der Waals surface area contributed by atoms with Crippen LogP contribution in [0, 0.1) is 0 Å². The van der Waals surface area contributed by atoms with Gasteiger partial charge in [-0.3, -0.25) is 19.1 Å². The number of carboxylic acid groups (broad SMARTS) is 1. The maximum absolute atomic E-state index is 11.8. The van der Waals surface area contributed by atoms with E-state index in [1.54, 1.807) is 0 Å². The smallest absolute Gasteiger partial charge is 0.330 e. The molecule has 0 spiro atoms. The predicted molar refractivity (Wildman–Crippen MR) is 70.9 cm³/mol. The lowest BCUT2D eigenvalue weighted by molar-refractivity contribution is -0.136. The van der Waals surface area contributed by atoms with Gasteiger partial charge in [-0.1, -0.05) is 0 Å². The third-order valence-corrected chi connectivity index (χ3v) is 3.23. The van der Waals surface area contributed by atoms with Crippen LogP contribution in [0.5, 0.6) is 0 Å². The van der Waals surface area contributed by atoms with Gasteiger partial charge in [0.15, 0.2) is 0 Å². The third-order valence-electron chi connectivity index (χ3n) is 3.23. The highest BCUT2D eigenvalue weighted by Gasteiger charge is 2.27. The monoisotopic (exact) mass is 299 g/mol. The first-order chi connectivity index (χ1) is 10.0. The summed E-state index contributed by atoms with van der Waals surface area (Å²) in [5.41, 5.74) is -0.914. The number of carboxylic acids is 1.